The monoisotopic (exact) mass is 446 g/mol. The van der Waals surface area contributed by atoms with Crippen molar-refractivity contribution in [1.29, 1.82) is 0 Å². The standard InChI is InChI=1S/C27H24ClFN2O/c28-21-6-9-23-24-16-18(3-10-26(24)30-27(32)25(23)17-21)2-1-13-31-14-11-20(12-15-31)19-4-7-22(29)8-5-19/h3-11,16-17H,1-2,12-15H2,(H,30,32). The van der Waals surface area contributed by atoms with Crippen molar-refractivity contribution in [2.24, 2.45) is 0 Å². The van der Waals surface area contributed by atoms with Gasteiger partial charge in [-0.1, -0.05) is 41.9 Å². The Kier molecular flexibility index (Phi) is 5.81. The molecule has 3 aromatic carbocycles. The molecule has 1 aliphatic rings. The lowest BCUT2D eigenvalue weighted by Gasteiger charge is -2.26. The molecule has 0 saturated carbocycles. The third kappa shape index (κ3) is 4.34. The van der Waals surface area contributed by atoms with Crippen molar-refractivity contribution in [3.05, 3.63) is 99.1 Å². The maximum absolute atomic E-state index is 13.1. The molecule has 0 amide bonds. The van der Waals surface area contributed by atoms with Crippen molar-refractivity contribution in [3.63, 3.8) is 0 Å². The summed E-state index contributed by atoms with van der Waals surface area (Å²) >= 11 is 6.09. The summed E-state index contributed by atoms with van der Waals surface area (Å²) in [5, 5.41) is 3.18. The predicted octanol–water partition coefficient (Wildman–Crippen LogP) is 6.20. The Labute approximate surface area is 191 Å². The van der Waals surface area contributed by atoms with Crippen molar-refractivity contribution in [2.45, 2.75) is 19.3 Å². The summed E-state index contributed by atoms with van der Waals surface area (Å²) in [4.78, 5) is 17.8. The fourth-order valence-corrected chi connectivity index (χ4v) is 4.73. The predicted molar refractivity (Wildman–Crippen MR) is 131 cm³/mol. The number of hydrogen-bond donors (Lipinski definition) is 1. The van der Waals surface area contributed by atoms with Gasteiger partial charge in [0.1, 0.15) is 5.82 Å². The molecule has 162 valence electrons. The molecule has 0 atom stereocenters. The SMILES string of the molecule is O=c1[nH]c2ccc(CCCN3CC=C(c4ccc(F)cc4)CC3)cc2c2ccc(Cl)cc12. The summed E-state index contributed by atoms with van der Waals surface area (Å²) in [6, 6.07) is 18.6. The zero-order valence-electron chi connectivity index (χ0n) is 17.7. The van der Waals surface area contributed by atoms with Crippen LogP contribution in [0.5, 0.6) is 0 Å². The highest BCUT2D eigenvalue weighted by Gasteiger charge is 2.13. The maximum Gasteiger partial charge on any atom is 0.256 e. The molecule has 0 unspecified atom stereocenters. The van der Waals surface area contributed by atoms with Crippen molar-refractivity contribution >= 4 is 38.8 Å². The van der Waals surface area contributed by atoms with E-state index in [2.05, 4.69) is 28.1 Å². The summed E-state index contributed by atoms with van der Waals surface area (Å²) < 4.78 is 13.1. The van der Waals surface area contributed by atoms with Crippen LogP contribution in [0.25, 0.3) is 27.2 Å². The van der Waals surface area contributed by atoms with E-state index in [-0.39, 0.29) is 11.4 Å². The minimum atomic E-state index is -0.191. The molecule has 0 spiro atoms. The van der Waals surface area contributed by atoms with E-state index in [1.807, 2.05) is 30.3 Å². The van der Waals surface area contributed by atoms with E-state index < -0.39 is 0 Å². The molecule has 0 radical (unpaired) electrons. The molecule has 0 bridgehead atoms. The second kappa shape index (κ2) is 8.89. The van der Waals surface area contributed by atoms with E-state index in [0.29, 0.717) is 10.4 Å². The minimum Gasteiger partial charge on any atom is -0.321 e. The first-order chi connectivity index (χ1) is 15.6. The van der Waals surface area contributed by atoms with E-state index in [0.717, 1.165) is 60.7 Å². The lowest BCUT2D eigenvalue weighted by Crippen LogP contribution is -2.29. The fraction of sp³-hybridized carbons (Fsp3) is 0.222. The smallest absolute Gasteiger partial charge is 0.256 e. The molecule has 0 aliphatic carbocycles. The van der Waals surface area contributed by atoms with Crippen molar-refractivity contribution in [2.75, 3.05) is 19.6 Å². The zero-order chi connectivity index (χ0) is 22.1. The number of benzene rings is 3. The van der Waals surface area contributed by atoms with Gasteiger partial charge in [0.25, 0.3) is 5.56 Å². The number of rotatable bonds is 5. The average molecular weight is 447 g/mol. The number of aromatic amines is 1. The van der Waals surface area contributed by atoms with Crippen LogP contribution in [0.15, 0.2) is 71.5 Å². The summed E-state index contributed by atoms with van der Waals surface area (Å²) in [5.74, 6) is -0.191. The van der Waals surface area contributed by atoms with E-state index in [9.17, 15) is 9.18 Å². The number of nitrogens with zero attached hydrogens (tertiary/aromatic N) is 1. The van der Waals surface area contributed by atoms with E-state index in [1.54, 1.807) is 6.07 Å². The first kappa shape index (κ1) is 20.9. The molecule has 1 aliphatic heterocycles. The van der Waals surface area contributed by atoms with Crippen LogP contribution >= 0.6 is 11.6 Å². The molecular formula is C27H24ClFN2O. The van der Waals surface area contributed by atoms with E-state index in [1.165, 1.54) is 23.3 Å². The van der Waals surface area contributed by atoms with Crippen LogP contribution < -0.4 is 5.56 Å². The Morgan fingerprint density at radius 2 is 1.81 bits per heavy atom. The van der Waals surface area contributed by atoms with Gasteiger partial charge in [-0.3, -0.25) is 9.69 Å². The average Bonchev–Trinajstić information content (AvgIpc) is 2.81. The van der Waals surface area contributed by atoms with Crippen LogP contribution in [0.1, 0.15) is 24.0 Å². The Bertz CT molecular complexity index is 1370. The Balaban J connectivity index is 1.25. The minimum absolute atomic E-state index is 0.110. The molecule has 5 rings (SSSR count). The number of H-pyrrole nitrogens is 1. The van der Waals surface area contributed by atoms with Gasteiger partial charge < -0.3 is 4.98 Å². The van der Waals surface area contributed by atoms with Gasteiger partial charge in [-0.15, -0.1) is 0 Å². The summed E-state index contributed by atoms with van der Waals surface area (Å²) in [6.45, 7) is 2.98. The van der Waals surface area contributed by atoms with Crippen LogP contribution in [-0.4, -0.2) is 29.5 Å². The molecule has 0 fully saturated rings. The first-order valence-corrected chi connectivity index (χ1v) is 11.4. The van der Waals surface area contributed by atoms with Crippen LogP contribution in [0.3, 0.4) is 0 Å². The molecule has 1 aromatic heterocycles. The molecule has 4 aromatic rings. The number of aryl methyl sites for hydroxylation is 1. The molecule has 5 heteroatoms. The highest BCUT2D eigenvalue weighted by atomic mass is 35.5. The third-order valence-corrected chi connectivity index (χ3v) is 6.53. The number of halogens is 2. The van der Waals surface area contributed by atoms with Gasteiger partial charge in [-0.2, -0.15) is 0 Å². The van der Waals surface area contributed by atoms with E-state index in [4.69, 9.17) is 11.6 Å². The number of pyridine rings is 1. The molecule has 0 saturated heterocycles. The van der Waals surface area contributed by atoms with E-state index >= 15 is 0 Å². The Hall–Kier alpha value is -2.95. The number of fused-ring (bicyclic) bond motifs is 3. The number of hydrogen-bond acceptors (Lipinski definition) is 2. The second-order valence-corrected chi connectivity index (χ2v) is 8.85. The highest BCUT2D eigenvalue weighted by molar-refractivity contribution is 6.31. The molecule has 2 heterocycles. The Morgan fingerprint density at radius 1 is 0.969 bits per heavy atom. The topological polar surface area (TPSA) is 36.1 Å². The van der Waals surface area contributed by atoms with Crippen LogP contribution in [0.2, 0.25) is 5.02 Å². The largest absolute Gasteiger partial charge is 0.321 e. The summed E-state index contributed by atoms with van der Waals surface area (Å²) in [7, 11) is 0. The quantitative estimate of drug-likeness (QED) is 0.371. The van der Waals surface area contributed by atoms with Crippen molar-refractivity contribution in [1.82, 2.24) is 9.88 Å². The van der Waals surface area contributed by atoms with Gasteiger partial charge in [0.2, 0.25) is 0 Å². The highest BCUT2D eigenvalue weighted by Crippen LogP contribution is 2.26. The van der Waals surface area contributed by atoms with Gasteiger partial charge in [-0.05, 0) is 84.3 Å². The lowest BCUT2D eigenvalue weighted by molar-refractivity contribution is 0.298. The molecule has 32 heavy (non-hydrogen) atoms. The zero-order valence-corrected chi connectivity index (χ0v) is 18.5. The van der Waals surface area contributed by atoms with Gasteiger partial charge in [0, 0.05) is 34.4 Å². The fourth-order valence-electron chi connectivity index (χ4n) is 4.55. The lowest BCUT2D eigenvalue weighted by atomic mass is 9.99. The van der Waals surface area contributed by atoms with Crippen LogP contribution in [0, 0.1) is 5.82 Å². The molecule has 1 N–H and O–H groups in total. The molecular weight excluding hydrogens is 423 g/mol. The molecule has 3 nitrogen and oxygen atoms in total. The van der Waals surface area contributed by atoms with Gasteiger partial charge in [0.15, 0.2) is 0 Å². The maximum atomic E-state index is 13.1. The van der Waals surface area contributed by atoms with Crippen LogP contribution in [-0.2, 0) is 6.42 Å². The van der Waals surface area contributed by atoms with Crippen molar-refractivity contribution in [3.8, 4) is 0 Å². The van der Waals surface area contributed by atoms with Gasteiger partial charge >= 0.3 is 0 Å². The number of nitrogens with one attached hydrogen (secondary N) is 1. The number of aromatic nitrogens is 1. The van der Waals surface area contributed by atoms with Crippen LogP contribution in [0.4, 0.5) is 4.39 Å². The third-order valence-electron chi connectivity index (χ3n) is 6.30. The summed E-state index contributed by atoms with van der Waals surface area (Å²) in [5.41, 5.74) is 4.43. The summed E-state index contributed by atoms with van der Waals surface area (Å²) in [6.07, 6.45) is 5.30. The normalized spacial score (nSPS) is 14.8. The van der Waals surface area contributed by atoms with Gasteiger partial charge in [-0.25, -0.2) is 4.39 Å². The Morgan fingerprint density at radius 3 is 2.59 bits per heavy atom. The second-order valence-electron chi connectivity index (χ2n) is 8.41. The first-order valence-electron chi connectivity index (χ1n) is 11.0. The van der Waals surface area contributed by atoms with Crippen molar-refractivity contribution < 1.29 is 4.39 Å². The van der Waals surface area contributed by atoms with Gasteiger partial charge in [0.05, 0.1) is 0 Å².